The van der Waals surface area contributed by atoms with Gasteiger partial charge in [-0.3, -0.25) is 9.69 Å². The zero-order valence-corrected chi connectivity index (χ0v) is 9.44. The van der Waals surface area contributed by atoms with Gasteiger partial charge in [0.15, 0.2) is 0 Å². The first-order valence-electron chi connectivity index (χ1n) is 5.16. The highest BCUT2D eigenvalue weighted by Crippen LogP contribution is 1.98. The molecule has 0 aliphatic heterocycles. The van der Waals surface area contributed by atoms with Crippen molar-refractivity contribution in [3.63, 3.8) is 0 Å². The van der Waals surface area contributed by atoms with Crippen LogP contribution in [0.3, 0.4) is 0 Å². The fourth-order valence-corrected chi connectivity index (χ4v) is 1.12. The summed E-state index contributed by atoms with van der Waals surface area (Å²) in [7, 11) is 1.91. The fraction of sp³-hybridized carbons (Fsp3) is 0.800. The summed E-state index contributed by atoms with van der Waals surface area (Å²) in [5.74, 6) is 0. The van der Waals surface area contributed by atoms with E-state index in [1.54, 1.807) is 0 Å². The Morgan fingerprint density at radius 1 is 1.40 bits per heavy atom. The van der Waals surface area contributed by atoms with Gasteiger partial charge in [-0.1, -0.05) is 6.92 Å². The quantitative estimate of drug-likeness (QED) is 0.401. The third-order valence-electron chi connectivity index (χ3n) is 2.25. The van der Waals surface area contributed by atoms with E-state index in [0.29, 0.717) is 32.6 Å². The van der Waals surface area contributed by atoms with E-state index in [1.807, 2.05) is 18.9 Å². The molecule has 1 unspecified atom stereocenters. The molecule has 0 aromatic rings. The Labute approximate surface area is 90.8 Å². The molecule has 0 aromatic carbocycles. The molecule has 0 rings (SSSR count). The van der Waals surface area contributed by atoms with Gasteiger partial charge in [0, 0.05) is 13.2 Å². The highest BCUT2D eigenvalue weighted by Gasteiger charge is 2.11. The lowest BCUT2D eigenvalue weighted by Crippen LogP contribution is -2.34. The van der Waals surface area contributed by atoms with E-state index in [1.165, 1.54) is 0 Å². The van der Waals surface area contributed by atoms with Crippen molar-refractivity contribution in [1.82, 2.24) is 10.2 Å². The molecule has 5 nitrogen and oxygen atoms in total. The molecule has 1 atom stereocenters. The fourth-order valence-electron chi connectivity index (χ4n) is 1.12. The summed E-state index contributed by atoms with van der Waals surface area (Å²) < 4.78 is 5.26. The molecule has 1 N–H and O–H groups in total. The number of hydrogen-bond acceptors (Lipinski definition) is 4. The lowest BCUT2D eigenvalue weighted by molar-refractivity contribution is -0.112. The van der Waals surface area contributed by atoms with Gasteiger partial charge in [-0.05, 0) is 20.0 Å². The van der Waals surface area contributed by atoms with Crippen molar-refractivity contribution >= 4 is 12.7 Å². The van der Waals surface area contributed by atoms with Crippen molar-refractivity contribution in [2.24, 2.45) is 0 Å². The van der Waals surface area contributed by atoms with Crippen LogP contribution >= 0.6 is 0 Å². The van der Waals surface area contributed by atoms with E-state index < -0.39 is 0 Å². The minimum atomic E-state index is -0.0750. The standard InChI is InChI=1S/C10H20N2O3/c1-3-12(2)10(8-13)4-6-15-7-5-11-9-14/h8-10H,3-7H2,1-2H3,(H,11,14). The van der Waals surface area contributed by atoms with E-state index >= 15 is 0 Å². The Morgan fingerprint density at radius 3 is 2.67 bits per heavy atom. The van der Waals surface area contributed by atoms with Crippen LogP contribution in [0.15, 0.2) is 0 Å². The number of aldehydes is 1. The highest BCUT2D eigenvalue weighted by atomic mass is 16.5. The average molecular weight is 216 g/mol. The Kier molecular flexibility index (Phi) is 9.01. The lowest BCUT2D eigenvalue weighted by atomic mass is 10.2. The highest BCUT2D eigenvalue weighted by molar-refractivity contribution is 5.57. The molecule has 0 bridgehead atoms. The third kappa shape index (κ3) is 7.04. The topological polar surface area (TPSA) is 58.6 Å². The van der Waals surface area contributed by atoms with E-state index in [4.69, 9.17) is 4.74 Å². The van der Waals surface area contributed by atoms with Gasteiger partial charge in [-0.15, -0.1) is 0 Å². The van der Waals surface area contributed by atoms with Gasteiger partial charge >= 0.3 is 0 Å². The molecule has 88 valence electrons. The van der Waals surface area contributed by atoms with E-state index in [-0.39, 0.29) is 6.04 Å². The summed E-state index contributed by atoms with van der Waals surface area (Å²) in [6.07, 6.45) is 2.27. The van der Waals surface area contributed by atoms with Crippen LogP contribution in [0.4, 0.5) is 0 Å². The number of rotatable bonds is 10. The first-order valence-corrected chi connectivity index (χ1v) is 5.16. The smallest absolute Gasteiger partial charge is 0.207 e. The van der Waals surface area contributed by atoms with Crippen LogP contribution in [-0.2, 0) is 14.3 Å². The second-order valence-corrected chi connectivity index (χ2v) is 3.25. The van der Waals surface area contributed by atoms with Crippen molar-refractivity contribution < 1.29 is 14.3 Å². The minimum Gasteiger partial charge on any atom is -0.380 e. The lowest BCUT2D eigenvalue weighted by Gasteiger charge is -2.21. The zero-order chi connectivity index (χ0) is 11.5. The summed E-state index contributed by atoms with van der Waals surface area (Å²) in [6, 6.07) is -0.0750. The predicted molar refractivity (Wildman–Crippen MR) is 57.7 cm³/mol. The van der Waals surface area contributed by atoms with Gasteiger partial charge < -0.3 is 14.8 Å². The second kappa shape index (κ2) is 9.61. The molecule has 0 heterocycles. The first-order chi connectivity index (χ1) is 7.26. The normalized spacial score (nSPS) is 12.5. The second-order valence-electron chi connectivity index (χ2n) is 3.25. The molecule has 0 saturated heterocycles. The van der Waals surface area contributed by atoms with Crippen LogP contribution in [0.5, 0.6) is 0 Å². The van der Waals surface area contributed by atoms with Gasteiger partial charge in [0.25, 0.3) is 0 Å². The van der Waals surface area contributed by atoms with Gasteiger partial charge in [0.1, 0.15) is 6.29 Å². The Morgan fingerprint density at radius 2 is 2.13 bits per heavy atom. The maximum Gasteiger partial charge on any atom is 0.207 e. The molecule has 0 saturated carbocycles. The van der Waals surface area contributed by atoms with Crippen molar-refractivity contribution in [1.29, 1.82) is 0 Å². The molecule has 0 aliphatic rings. The van der Waals surface area contributed by atoms with E-state index in [2.05, 4.69) is 5.32 Å². The molecule has 5 heteroatoms. The molecule has 1 amide bonds. The Balaban J connectivity index is 3.46. The van der Waals surface area contributed by atoms with Gasteiger partial charge in [-0.2, -0.15) is 0 Å². The van der Waals surface area contributed by atoms with E-state index in [0.717, 1.165) is 12.8 Å². The first kappa shape index (κ1) is 14.1. The average Bonchev–Trinajstić information content (AvgIpc) is 2.27. The van der Waals surface area contributed by atoms with Crippen LogP contribution < -0.4 is 5.32 Å². The summed E-state index contributed by atoms with van der Waals surface area (Å²) in [5.41, 5.74) is 0. The van der Waals surface area contributed by atoms with Crippen LogP contribution in [0.2, 0.25) is 0 Å². The number of ether oxygens (including phenoxy) is 1. The largest absolute Gasteiger partial charge is 0.380 e. The third-order valence-corrected chi connectivity index (χ3v) is 2.25. The molecule has 0 aromatic heterocycles. The monoisotopic (exact) mass is 216 g/mol. The van der Waals surface area contributed by atoms with Crippen LogP contribution in [0, 0.1) is 0 Å². The molecular weight excluding hydrogens is 196 g/mol. The van der Waals surface area contributed by atoms with Crippen molar-refractivity contribution in [2.45, 2.75) is 19.4 Å². The summed E-state index contributed by atoms with van der Waals surface area (Å²) in [4.78, 5) is 22.6. The zero-order valence-electron chi connectivity index (χ0n) is 9.44. The number of carbonyl (C=O) groups excluding carboxylic acids is 2. The van der Waals surface area contributed by atoms with Crippen molar-refractivity contribution in [3.05, 3.63) is 0 Å². The van der Waals surface area contributed by atoms with Gasteiger partial charge in [0.05, 0.1) is 12.6 Å². The SMILES string of the molecule is CCN(C)C(C=O)CCOCCNC=O. The summed E-state index contributed by atoms with van der Waals surface area (Å²) in [6.45, 7) is 4.38. The molecule has 0 radical (unpaired) electrons. The number of hydrogen-bond donors (Lipinski definition) is 1. The molecule has 15 heavy (non-hydrogen) atoms. The molecular formula is C10H20N2O3. The van der Waals surface area contributed by atoms with Gasteiger partial charge in [0.2, 0.25) is 6.41 Å². The maximum atomic E-state index is 10.7. The van der Waals surface area contributed by atoms with E-state index in [9.17, 15) is 9.59 Å². The number of likely N-dealkylation sites (N-methyl/N-ethyl adjacent to an activating group) is 1. The number of amides is 1. The summed E-state index contributed by atoms with van der Waals surface area (Å²) in [5, 5.41) is 2.50. The van der Waals surface area contributed by atoms with Crippen LogP contribution in [0.1, 0.15) is 13.3 Å². The molecule has 0 fully saturated rings. The van der Waals surface area contributed by atoms with Gasteiger partial charge in [-0.25, -0.2) is 0 Å². The van der Waals surface area contributed by atoms with Crippen LogP contribution in [-0.4, -0.2) is 57.0 Å². The Hall–Kier alpha value is -0.940. The summed E-state index contributed by atoms with van der Waals surface area (Å²) >= 11 is 0. The predicted octanol–water partition coefficient (Wildman–Crippen LogP) is -0.342. The van der Waals surface area contributed by atoms with Crippen molar-refractivity contribution in [2.75, 3.05) is 33.4 Å². The molecule has 0 aliphatic carbocycles. The molecule has 0 spiro atoms. The van der Waals surface area contributed by atoms with Crippen molar-refractivity contribution in [3.8, 4) is 0 Å². The Bertz CT molecular complexity index is 176. The van der Waals surface area contributed by atoms with Crippen LogP contribution in [0.25, 0.3) is 0 Å². The number of nitrogens with zero attached hydrogens (tertiary/aromatic N) is 1. The maximum absolute atomic E-state index is 10.7. The number of carbonyl (C=O) groups is 2. The number of nitrogens with one attached hydrogen (secondary N) is 1. The minimum absolute atomic E-state index is 0.0750.